The summed E-state index contributed by atoms with van der Waals surface area (Å²) in [4.78, 5) is 31.9. The maximum atomic E-state index is 13.0. The molecule has 2 heterocycles. The maximum absolute atomic E-state index is 13.0. The highest BCUT2D eigenvalue weighted by molar-refractivity contribution is 5.95. The van der Waals surface area contributed by atoms with Crippen LogP contribution in [0.1, 0.15) is 67.2 Å². The summed E-state index contributed by atoms with van der Waals surface area (Å²) in [7, 11) is 3.41. The van der Waals surface area contributed by atoms with Crippen LogP contribution in [0.25, 0.3) is 0 Å². The number of aromatic nitrogens is 3. The van der Waals surface area contributed by atoms with Gasteiger partial charge in [0.2, 0.25) is 11.8 Å². The molecule has 1 N–H and O–H groups in total. The van der Waals surface area contributed by atoms with Crippen LogP contribution in [0.2, 0.25) is 0 Å². The predicted molar refractivity (Wildman–Crippen MR) is 116 cm³/mol. The largest absolute Gasteiger partial charge is 0.481 e. The van der Waals surface area contributed by atoms with E-state index in [2.05, 4.69) is 15.4 Å². The van der Waals surface area contributed by atoms with Gasteiger partial charge in [0, 0.05) is 43.1 Å². The monoisotopic (exact) mass is 425 g/mol. The standard InChI is InChI=1S/C23H31N5O3/c1-14(2)28-15(3)19(13-25-28)21(29)27(4)18-10-17(11-18)26-22(30)23(8-9-23)16-6-7-20(31-5)24-12-16/h6-7,12-14,17-18H,8-11H2,1-5H3,(H,26,30). The van der Waals surface area contributed by atoms with Crippen LogP contribution in [0, 0.1) is 6.92 Å². The molecule has 166 valence electrons. The Morgan fingerprint density at radius 2 is 1.97 bits per heavy atom. The fourth-order valence-corrected chi connectivity index (χ4v) is 4.41. The highest BCUT2D eigenvalue weighted by Gasteiger charge is 2.52. The molecule has 4 rings (SSSR count). The molecule has 0 unspecified atom stereocenters. The van der Waals surface area contributed by atoms with Crippen LogP contribution < -0.4 is 10.1 Å². The summed E-state index contributed by atoms with van der Waals surface area (Å²) >= 11 is 0. The number of methoxy groups -OCH3 is 1. The molecule has 0 aliphatic heterocycles. The van der Waals surface area contributed by atoms with Crippen molar-refractivity contribution in [2.24, 2.45) is 0 Å². The second-order valence-corrected chi connectivity index (χ2v) is 9.06. The van der Waals surface area contributed by atoms with E-state index >= 15 is 0 Å². The molecular formula is C23H31N5O3. The molecule has 2 aliphatic carbocycles. The number of hydrogen-bond acceptors (Lipinski definition) is 5. The second-order valence-electron chi connectivity index (χ2n) is 9.06. The van der Waals surface area contributed by atoms with Crippen LogP contribution >= 0.6 is 0 Å². The molecule has 2 fully saturated rings. The molecule has 0 radical (unpaired) electrons. The van der Waals surface area contributed by atoms with E-state index in [4.69, 9.17) is 4.74 Å². The third-order valence-electron chi connectivity index (χ3n) is 6.76. The molecule has 0 bridgehead atoms. The van der Waals surface area contributed by atoms with E-state index in [-0.39, 0.29) is 29.9 Å². The van der Waals surface area contributed by atoms with E-state index < -0.39 is 5.41 Å². The molecule has 2 saturated carbocycles. The van der Waals surface area contributed by atoms with Crippen molar-refractivity contribution >= 4 is 11.8 Å². The van der Waals surface area contributed by atoms with Gasteiger partial charge in [0.15, 0.2) is 0 Å². The van der Waals surface area contributed by atoms with E-state index in [1.54, 1.807) is 30.5 Å². The molecular weight excluding hydrogens is 394 g/mol. The Balaban J connectivity index is 1.33. The summed E-state index contributed by atoms with van der Waals surface area (Å²) in [6.07, 6.45) is 6.60. The third kappa shape index (κ3) is 3.79. The number of pyridine rings is 1. The minimum Gasteiger partial charge on any atom is -0.481 e. The molecule has 0 aromatic carbocycles. The molecule has 2 aliphatic rings. The van der Waals surface area contributed by atoms with E-state index in [0.717, 1.165) is 36.9 Å². The van der Waals surface area contributed by atoms with Crippen molar-refractivity contribution in [3.63, 3.8) is 0 Å². The highest BCUT2D eigenvalue weighted by atomic mass is 16.5. The first-order valence-corrected chi connectivity index (χ1v) is 10.9. The lowest BCUT2D eigenvalue weighted by molar-refractivity contribution is -0.125. The Labute approximate surface area is 183 Å². The topological polar surface area (TPSA) is 89.4 Å². The second kappa shape index (κ2) is 7.98. The lowest BCUT2D eigenvalue weighted by atomic mass is 9.84. The molecule has 8 heteroatoms. The van der Waals surface area contributed by atoms with Gasteiger partial charge in [0.25, 0.3) is 5.91 Å². The van der Waals surface area contributed by atoms with Gasteiger partial charge < -0.3 is 15.0 Å². The van der Waals surface area contributed by atoms with Crippen LogP contribution in [0.15, 0.2) is 24.5 Å². The van der Waals surface area contributed by atoms with Gasteiger partial charge in [-0.05, 0) is 52.0 Å². The Morgan fingerprint density at radius 1 is 1.26 bits per heavy atom. The first kappa shape index (κ1) is 21.3. The fourth-order valence-electron chi connectivity index (χ4n) is 4.41. The van der Waals surface area contributed by atoms with Crippen molar-refractivity contribution in [1.82, 2.24) is 25.0 Å². The number of nitrogens with zero attached hydrogens (tertiary/aromatic N) is 4. The van der Waals surface area contributed by atoms with E-state index in [1.807, 2.05) is 38.6 Å². The molecule has 8 nitrogen and oxygen atoms in total. The van der Waals surface area contributed by atoms with Crippen molar-refractivity contribution in [2.75, 3.05) is 14.2 Å². The quantitative estimate of drug-likeness (QED) is 0.737. The number of hydrogen-bond donors (Lipinski definition) is 1. The van der Waals surface area contributed by atoms with Crippen LogP contribution in [-0.4, -0.2) is 57.7 Å². The zero-order chi connectivity index (χ0) is 22.3. The lowest BCUT2D eigenvalue weighted by Gasteiger charge is -2.42. The normalized spacial score (nSPS) is 21.4. The van der Waals surface area contributed by atoms with Crippen molar-refractivity contribution in [2.45, 2.75) is 70.0 Å². The molecule has 0 atom stereocenters. The summed E-state index contributed by atoms with van der Waals surface area (Å²) < 4.78 is 6.98. The van der Waals surface area contributed by atoms with Gasteiger partial charge >= 0.3 is 0 Å². The summed E-state index contributed by atoms with van der Waals surface area (Å²) in [5.74, 6) is 0.594. The third-order valence-corrected chi connectivity index (χ3v) is 6.76. The van der Waals surface area contributed by atoms with Crippen LogP contribution in [-0.2, 0) is 10.2 Å². The fraction of sp³-hybridized carbons (Fsp3) is 0.565. The number of carbonyl (C=O) groups excluding carboxylic acids is 2. The average molecular weight is 426 g/mol. The Kier molecular flexibility index (Phi) is 5.49. The number of amides is 2. The van der Waals surface area contributed by atoms with Crippen molar-refractivity contribution in [1.29, 1.82) is 0 Å². The number of rotatable bonds is 7. The molecule has 0 saturated heterocycles. The van der Waals surface area contributed by atoms with Crippen LogP contribution in [0.4, 0.5) is 0 Å². The summed E-state index contributed by atoms with van der Waals surface area (Å²) in [6, 6.07) is 4.15. The van der Waals surface area contributed by atoms with E-state index in [0.29, 0.717) is 11.4 Å². The van der Waals surface area contributed by atoms with Gasteiger partial charge in [-0.1, -0.05) is 6.07 Å². The van der Waals surface area contributed by atoms with Gasteiger partial charge in [-0.3, -0.25) is 14.3 Å². The highest BCUT2D eigenvalue weighted by Crippen LogP contribution is 2.48. The zero-order valence-electron chi connectivity index (χ0n) is 18.9. The zero-order valence-corrected chi connectivity index (χ0v) is 18.9. The first-order valence-electron chi connectivity index (χ1n) is 10.9. The summed E-state index contributed by atoms with van der Waals surface area (Å²) in [5, 5.41) is 7.54. The van der Waals surface area contributed by atoms with Gasteiger partial charge in [-0.25, -0.2) is 4.98 Å². The SMILES string of the molecule is COc1ccc(C2(C(=O)NC3CC(N(C)C(=O)c4cnn(C(C)C)c4C)C3)CC2)cn1. The van der Waals surface area contributed by atoms with Gasteiger partial charge in [-0.15, -0.1) is 0 Å². The number of carbonyl (C=O) groups is 2. The van der Waals surface area contributed by atoms with Gasteiger partial charge in [0.05, 0.1) is 24.3 Å². The smallest absolute Gasteiger partial charge is 0.257 e. The number of nitrogens with one attached hydrogen (secondary N) is 1. The number of ether oxygens (including phenoxy) is 1. The molecule has 2 amide bonds. The van der Waals surface area contributed by atoms with Crippen molar-refractivity contribution < 1.29 is 14.3 Å². The van der Waals surface area contributed by atoms with E-state index in [1.165, 1.54) is 0 Å². The minimum atomic E-state index is -0.464. The lowest BCUT2D eigenvalue weighted by Crippen LogP contribution is -2.55. The molecule has 2 aromatic heterocycles. The maximum Gasteiger partial charge on any atom is 0.257 e. The summed E-state index contributed by atoms with van der Waals surface area (Å²) in [5.41, 5.74) is 2.01. The Hall–Kier alpha value is -2.90. The average Bonchev–Trinajstić information content (AvgIpc) is 3.45. The Bertz CT molecular complexity index is 972. The van der Waals surface area contributed by atoms with Gasteiger partial charge in [0.1, 0.15) is 0 Å². The first-order chi connectivity index (χ1) is 14.8. The molecule has 2 aromatic rings. The Morgan fingerprint density at radius 3 is 2.48 bits per heavy atom. The molecule has 31 heavy (non-hydrogen) atoms. The predicted octanol–water partition coefficient (Wildman–Crippen LogP) is 2.63. The van der Waals surface area contributed by atoms with Crippen LogP contribution in [0.5, 0.6) is 5.88 Å². The van der Waals surface area contributed by atoms with Crippen molar-refractivity contribution in [3.8, 4) is 5.88 Å². The van der Waals surface area contributed by atoms with Gasteiger partial charge in [-0.2, -0.15) is 5.10 Å². The van der Waals surface area contributed by atoms with Crippen LogP contribution in [0.3, 0.4) is 0 Å². The van der Waals surface area contributed by atoms with E-state index in [9.17, 15) is 9.59 Å². The van der Waals surface area contributed by atoms with Crippen molar-refractivity contribution in [3.05, 3.63) is 41.3 Å². The minimum absolute atomic E-state index is 0.0119. The molecule has 0 spiro atoms. The summed E-state index contributed by atoms with van der Waals surface area (Å²) in [6.45, 7) is 6.03.